The lowest BCUT2D eigenvalue weighted by Crippen LogP contribution is -2.26. The fourth-order valence-electron chi connectivity index (χ4n) is 2.88. The minimum absolute atomic E-state index is 0.644. The van der Waals surface area contributed by atoms with E-state index in [-0.39, 0.29) is 0 Å². The second kappa shape index (κ2) is 6.63. The highest BCUT2D eigenvalue weighted by molar-refractivity contribution is 9.09. The van der Waals surface area contributed by atoms with Crippen LogP contribution in [0, 0.1) is 11.8 Å². The summed E-state index contributed by atoms with van der Waals surface area (Å²) in [5.74, 6) is 1.62. The molecule has 0 nitrogen and oxygen atoms in total. The molecule has 1 aromatic carbocycles. The number of alkyl halides is 1. The molecule has 1 aliphatic carbocycles. The van der Waals surface area contributed by atoms with Gasteiger partial charge in [-0.05, 0) is 55.2 Å². The van der Waals surface area contributed by atoms with Gasteiger partial charge in [-0.25, -0.2) is 0 Å². The molecule has 0 spiro atoms. The zero-order valence-corrected chi connectivity index (χ0v) is 13.7. The molecular weight excluding hydrogens is 331 g/mol. The number of rotatable bonds is 3. The standard InChI is InChI=1S/C15H19BrCl2/c1-2-10-3-5-13(16)12(7-10)8-11-4-6-14(17)15(18)9-11/h4,6,9-10,12-13H,2-3,5,7-8H2,1H3. The smallest absolute Gasteiger partial charge is 0.0595 e. The van der Waals surface area contributed by atoms with E-state index >= 15 is 0 Å². The Morgan fingerprint density at radius 2 is 2.00 bits per heavy atom. The van der Waals surface area contributed by atoms with Crippen molar-refractivity contribution in [3.63, 3.8) is 0 Å². The van der Waals surface area contributed by atoms with Crippen LogP contribution >= 0.6 is 39.1 Å². The molecule has 1 fully saturated rings. The van der Waals surface area contributed by atoms with Gasteiger partial charge in [0, 0.05) is 4.83 Å². The van der Waals surface area contributed by atoms with E-state index in [1.54, 1.807) is 0 Å². The van der Waals surface area contributed by atoms with E-state index in [2.05, 4.69) is 28.9 Å². The van der Waals surface area contributed by atoms with Crippen molar-refractivity contribution in [3.8, 4) is 0 Å². The maximum absolute atomic E-state index is 6.08. The van der Waals surface area contributed by atoms with Gasteiger partial charge in [0.15, 0.2) is 0 Å². The summed E-state index contributed by atoms with van der Waals surface area (Å²) in [6.07, 6.45) is 6.39. The predicted octanol–water partition coefficient (Wildman–Crippen LogP) is 6.13. The van der Waals surface area contributed by atoms with Gasteiger partial charge in [0.2, 0.25) is 0 Å². The average Bonchev–Trinajstić information content (AvgIpc) is 2.36. The van der Waals surface area contributed by atoms with Gasteiger partial charge in [0.25, 0.3) is 0 Å². The molecule has 2 rings (SSSR count). The summed E-state index contributed by atoms with van der Waals surface area (Å²) in [4.78, 5) is 0.648. The number of hydrogen-bond donors (Lipinski definition) is 0. The summed E-state index contributed by atoms with van der Waals surface area (Å²) >= 11 is 15.9. The Labute approximate surface area is 128 Å². The zero-order chi connectivity index (χ0) is 13.1. The van der Waals surface area contributed by atoms with Gasteiger partial charge in [-0.15, -0.1) is 0 Å². The molecule has 18 heavy (non-hydrogen) atoms. The Morgan fingerprint density at radius 1 is 1.22 bits per heavy atom. The molecule has 3 heteroatoms. The van der Waals surface area contributed by atoms with Crippen LogP contribution in [-0.4, -0.2) is 4.83 Å². The topological polar surface area (TPSA) is 0 Å². The summed E-state index contributed by atoms with van der Waals surface area (Å²) in [6.45, 7) is 2.30. The molecule has 0 radical (unpaired) electrons. The number of hydrogen-bond acceptors (Lipinski definition) is 0. The van der Waals surface area contributed by atoms with Crippen molar-refractivity contribution in [1.29, 1.82) is 0 Å². The van der Waals surface area contributed by atoms with Gasteiger partial charge >= 0.3 is 0 Å². The second-order valence-electron chi connectivity index (χ2n) is 5.32. The van der Waals surface area contributed by atoms with Gasteiger partial charge < -0.3 is 0 Å². The lowest BCUT2D eigenvalue weighted by molar-refractivity contribution is 0.271. The minimum atomic E-state index is 0.644. The van der Waals surface area contributed by atoms with Crippen molar-refractivity contribution in [2.45, 2.75) is 43.9 Å². The summed E-state index contributed by atoms with van der Waals surface area (Å²) in [6, 6.07) is 6.02. The first-order valence-electron chi connectivity index (χ1n) is 6.68. The molecule has 0 aliphatic heterocycles. The Kier molecular flexibility index (Phi) is 5.41. The predicted molar refractivity (Wildman–Crippen MR) is 84.0 cm³/mol. The first kappa shape index (κ1) is 14.7. The molecule has 1 aromatic rings. The second-order valence-corrected chi connectivity index (χ2v) is 7.31. The van der Waals surface area contributed by atoms with E-state index in [0.717, 1.165) is 18.3 Å². The van der Waals surface area contributed by atoms with Crippen LogP contribution in [0.25, 0.3) is 0 Å². The van der Waals surface area contributed by atoms with Crippen LogP contribution in [-0.2, 0) is 6.42 Å². The SMILES string of the molecule is CCC1CCC(Br)C(Cc2ccc(Cl)c(Cl)c2)C1. The van der Waals surface area contributed by atoms with Crippen molar-refractivity contribution in [2.24, 2.45) is 11.8 Å². The number of benzene rings is 1. The third-order valence-corrected chi connectivity index (χ3v) is 6.00. The quantitative estimate of drug-likeness (QED) is 0.576. The van der Waals surface area contributed by atoms with Gasteiger partial charge in [-0.3, -0.25) is 0 Å². The van der Waals surface area contributed by atoms with E-state index < -0.39 is 0 Å². The molecule has 3 unspecified atom stereocenters. The molecule has 0 aromatic heterocycles. The van der Waals surface area contributed by atoms with E-state index in [9.17, 15) is 0 Å². The van der Waals surface area contributed by atoms with Crippen LogP contribution in [0.5, 0.6) is 0 Å². The third kappa shape index (κ3) is 3.65. The fraction of sp³-hybridized carbons (Fsp3) is 0.600. The molecule has 0 amide bonds. The van der Waals surface area contributed by atoms with Crippen LogP contribution in [0.2, 0.25) is 10.0 Å². The lowest BCUT2D eigenvalue weighted by Gasteiger charge is -2.33. The molecule has 0 heterocycles. The third-order valence-electron chi connectivity index (χ3n) is 4.06. The highest BCUT2D eigenvalue weighted by Crippen LogP contribution is 2.37. The highest BCUT2D eigenvalue weighted by atomic mass is 79.9. The van der Waals surface area contributed by atoms with Gasteiger partial charge in [-0.2, -0.15) is 0 Å². The van der Waals surface area contributed by atoms with Gasteiger partial charge in [-0.1, -0.05) is 58.5 Å². The van der Waals surface area contributed by atoms with E-state index in [1.165, 1.54) is 31.2 Å². The van der Waals surface area contributed by atoms with Crippen LogP contribution in [0.15, 0.2) is 18.2 Å². The molecule has 100 valence electrons. The largest absolute Gasteiger partial charge is 0.0888 e. The van der Waals surface area contributed by atoms with Crippen LogP contribution in [0.3, 0.4) is 0 Å². The minimum Gasteiger partial charge on any atom is -0.0888 e. The van der Waals surface area contributed by atoms with Crippen molar-refractivity contribution < 1.29 is 0 Å². The molecule has 0 N–H and O–H groups in total. The van der Waals surface area contributed by atoms with Crippen molar-refractivity contribution in [1.82, 2.24) is 0 Å². The van der Waals surface area contributed by atoms with Crippen LogP contribution in [0.4, 0.5) is 0 Å². The molecule has 3 atom stereocenters. The Morgan fingerprint density at radius 3 is 2.67 bits per heavy atom. The van der Waals surface area contributed by atoms with Crippen LogP contribution < -0.4 is 0 Å². The summed E-state index contributed by atoms with van der Waals surface area (Å²) in [7, 11) is 0. The highest BCUT2D eigenvalue weighted by Gasteiger charge is 2.28. The molecule has 0 bridgehead atoms. The fourth-order valence-corrected chi connectivity index (χ4v) is 3.86. The first-order chi connectivity index (χ1) is 8.60. The van der Waals surface area contributed by atoms with Gasteiger partial charge in [0.1, 0.15) is 0 Å². The maximum atomic E-state index is 6.08. The van der Waals surface area contributed by atoms with E-state index in [0.29, 0.717) is 14.9 Å². The summed E-state index contributed by atoms with van der Waals surface area (Å²) < 4.78 is 0. The molecule has 1 saturated carbocycles. The Bertz CT molecular complexity index is 405. The van der Waals surface area contributed by atoms with Gasteiger partial charge in [0.05, 0.1) is 10.0 Å². The van der Waals surface area contributed by atoms with Crippen LogP contribution in [0.1, 0.15) is 38.2 Å². The normalized spacial score (nSPS) is 28.3. The van der Waals surface area contributed by atoms with Crippen molar-refractivity contribution in [2.75, 3.05) is 0 Å². The van der Waals surface area contributed by atoms with Crippen molar-refractivity contribution >= 4 is 39.1 Å². The Balaban J connectivity index is 2.04. The Hall–Kier alpha value is 0.280. The lowest BCUT2D eigenvalue weighted by atomic mass is 9.77. The summed E-state index contributed by atoms with van der Waals surface area (Å²) in [5, 5.41) is 1.31. The molecule has 1 aliphatic rings. The zero-order valence-electron chi connectivity index (χ0n) is 10.6. The van der Waals surface area contributed by atoms with E-state index in [1.807, 2.05) is 12.1 Å². The maximum Gasteiger partial charge on any atom is 0.0595 e. The average molecular weight is 350 g/mol. The van der Waals surface area contributed by atoms with E-state index in [4.69, 9.17) is 23.2 Å². The summed E-state index contributed by atoms with van der Waals surface area (Å²) in [5.41, 5.74) is 1.30. The monoisotopic (exact) mass is 348 g/mol. The first-order valence-corrected chi connectivity index (χ1v) is 8.35. The number of halogens is 3. The molecular formula is C15H19BrCl2. The van der Waals surface area contributed by atoms with Crippen molar-refractivity contribution in [3.05, 3.63) is 33.8 Å². The molecule has 0 saturated heterocycles.